The molecule has 0 fully saturated rings. The van der Waals surface area contributed by atoms with Crippen LogP contribution in [0, 0.1) is 5.82 Å². The third-order valence-electron chi connectivity index (χ3n) is 2.97. The van der Waals surface area contributed by atoms with Gasteiger partial charge >= 0.3 is 0 Å². The summed E-state index contributed by atoms with van der Waals surface area (Å²) in [6.45, 7) is 1.83. The van der Waals surface area contributed by atoms with Crippen LogP contribution in [0.1, 0.15) is 23.4 Å². The van der Waals surface area contributed by atoms with Gasteiger partial charge in [-0.15, -0.1) is 11.3 Å². The first kappa shape index (κ1) is 14.5. The van der Waals surface area contributed by atoms with Crippen molar-refractivity contribution < 1.29 is 13.9 Å². The quantitative estimate of drug-likeness (QED) is 0.918. The lowest BCUT2D eigenvalue weighted by molar-refractivity contribution is -0.121. The molecule has 1 N–H and O–H groups in total. The van der Waals surface area contributed by atoms with Crippen molar-refractivity contribution in [2.75, 3.05) is 7.11 Å². The fourth-order valence-electron chi connectivity index (χ4n) is 1.90. The van der Waals surface area contributed by atoms with Crippen LogP contribution in [0.4, 0.5) is 4.39 Å². The van der Waals surface area contributed by atoms with Crippen LogP contribution >= 0.6 is 11.3 Å². The molecule has 0 saturated carbocycles. The number of amides is 1. The standard InChI is InChI=1S/C15H16FNO2S/c1-10(11-5-6-14(19-2)13(16)8-11)17-15(18)9-12-4-3-7-20-12/h3-8,10H,9H2,1-2H3,(H,17,18). The molecule has 0 radical (unpaired) electrons. The van der Waals surface area contributed by atoms with Crippen molar-refractivity contribution in [3.63, 3.8) is 0 Å². The van der Waals surface area contributed by atoms with E-state index in [4.69, 9.17) is 4.74 Å². The van der Waals surface area contributed by atoms with E-state index in [1.165, 1.54) is 13.2 Å². The normalized spacial score (nSPS) is 11.9. The summed E-state index contributed by atoms with van der Waals surface area (Å²) in [6.07, 6.45) is 0.348. The highest BCUT2D eigenvalue weighted by atomic mass is 32.1. The van der Waals surface area contributed by atoms with Gasteiger partial charge in [0, 0.05) is 4.88 Å². The average molecular weight is 293 g/mol. The van der Waals surface area contributed by atoms with E-state index in [9.17, 15) is 9.18 Å². The summed E-state index contributed by atoms with van der Waals surface area (Å²) in [5.74, 6) is -0.300. The summed E-state index contributed by atoms with van der Waals surface area (Å²) in [4.78, 5) is 12.9. The average Bonchev–Trinajstić information content (AvgIpc) is 2.91. The molecule has 1 amide bonds. The molecule has 1 heterocycles. The number of rotatable bonds is 5. The van der Waals surface area contributed by atoms with E-state index in [-0.39, 0.29) is 17.7 Å². The number of benzene rings is 1. The highest BCUT2D eigenvalue weighted by Crippen LogP contribution is 2.21. The van der Waals surface area contributed by atoms with E-state index in [1.807, 2.05) is 24.4 Å². The zero-order valence-electron chi connectivity index (χ0n) is 11.4. The third kappa shape index (κ3) is 3.57. The van der Waals surface area contributed by atoms with Gasteiger partial charge in [0.25, 0.3) is 0 Å². The molecule has 20 heavy (non-hydrogen) atoms. The van der Waals surface area contributed by atoms with Crippen LogP contribution in [0.2, 0.25) is 0 Å². The van der Waals surface area contributed by atoms with E-state index in [0.29, 0.717) is 12.0 Å². The number of thiophene rings is 1. The number of hydrogen-bond donors (Lipinski definition) is 1. The van der Waals surface area contributed by atoms with Gasteiger partial charge in [0.1, 0.15) is 0 Å². The number of ether oxygens (including phenoxy) is 1. The van der Waals surface area contributed by atoms with E-state index in [0.717, 1.165) is 4.88 Å². The molecule has 2 aromatic rings. The second-order valence-corrected chi connectivity index (χ2v) is 5.47. The van der Waals surface area contributed by atoms with Crippen LogP contribution in [0.3, 0.4) is 0 Å². The Balaban J connectivity index is 1.99. The zero-order chi connectivity index (χ0) is 14.5. The van der Waals surface area contributed by atoms with E-state index in [2.05, 4.69) is 5.32 Å². The predicted octanol–water partition coefficient (Wildman–Crippen LogP) is 3.32. The van der Waals surface area contributed by atoms with Crippen LogP contribution in [-0.4, -0.2) is 13.0 Å². The van der Waals surface area contributed by atoms with Crippen LogP contribution in [0.15, 0.2) is 35.7 Å². The predicted molar refractivity (Wildman–Crippen MR) is 77.5 cm³/mol. The molecular weight excluding hydrogens is 277 g/mol. The minimum absolute atomic E-state index is 0.0730. The molecule has 1 atom stereocenters. The molecule has 2 rings (SSSR count). The minimum Gasteiger partial charge on any atom is -0.494 e. The van der Waals surface area contributed by atoms with E-state index in [1.54, 1.807) is 23.5 Å². The van der Waals surface area contributed by atoms with E-state index < -0.39 is 5.82 Å². The van der Waals surface area contributed by atoms with Crippen molar-refractivity contribution >= 4 is 17.2 Å². The van der Waals surface area contributed by atoms with Gasteiger partial charge in [-0.1, -0.05) is 12.1 Å². The molecule has 0 aliphatic rings. The monoisotopic (exact) mass is 293 g/mol. The molecule has 0 aliphatic heterocycles. The number of halogens is 1. The first-order chi connectivity index (χ1) is 9.60. The van der Waals surface area contributed by atoms with Crippen molar-refractivity contribution in [1.29, 1.82) is 0 Å². The van der Waals surface area contributed by atoms with E-state index >= 15 is 0 Å². The highest BCUT2D eigenvalue weighted by Gasteiger charge is 2.12. The maximum Gasteiger partial charge on any atom is 0.225 e. The summed E-state index contributed by atoms with van der Waals surface area (Å²) >= 11 is 1.54. The van der Waals surface area contributed by atoms with Crippen LogP contribution < -0.4 is 10.1 Å². The topological polar surface area (TPSA) is 38.3 Å². The summed E-state index contributed by atoms with van der Waals surface area (Å²) in [5.41, 5.74) is 0.711. The second-order valence-electron chi connectivity index (χ2n) is 4.44. The van der Waals surface area contributed by atoms with Crippen molar-refractivity contribution in [3.05, 3.63) is 52.0 Å². The molecule has 5 heteroatoms. The third-order valence-corrected chi connectivity index (χ3v) is 3.84. The number of hydrogen-bond acceptors (Lipinski definition) is 3. The van der Waals surface area contributed by atoms with Gasteiger partial charge in [0.2, 0.25) is 5.91 Å². The Morgan fingerprint density at radius 2 is 2.25 bits per heavy atom. The largest absolute Gasteiger partial charge is 0.494 e. The fourth-order valence-corrected chi connectivity index (χ4v) is 2.60. The zero-order valence-corrected chi connectivity index (χ0v) is 12.2. The van der Waals surface area contributed by atoms with Crippen molar-refractivity contribution in [3.8, 4) is 5.75 Å². The van der Waals surface area contributed by atoms with Gasteiger partial charge in [0.15, 0.2) is 11.6 Å². The SMILES string of the molecule is COc1ccc(C(C)NC(=O)Cc2cccs2)cc1F. The van der Waals surface area contributed by atoms with Crippen LogP contribution in [-0.2, 0) is 11.2 Å². The first-order valence-corrected chi connectivity index (χ1v) is 7.13. The Morgan fingerprint density at radius 3 is 2.85 bits per heavy atom. The molecule has 1 aromatic heterocycles. The lowest BCUT2D eigenvalue weighted by Gasteiger charge is -2.15. The lowest BCUT2D eigenvalue weighted by Crippen LogP contribution is -2.27. The molecule has 1 aromatic carbocycles. The number of nitrogens with one attached hydrogen (secondary N) is 1. The summed E-state index contributed by atoms with van der Waals surface area (Å²) in [5, 5.41) is 4.79. The molecule has 0 saturated heterocycles. The Kier molecular flexibility index (Phi) is 4.74. The molecular formula is C15H16FNO2S. The molecule has 106 valence electrons. The number of methoxy groups -OCH3 is 1. The van der Waals surface area contributed by atoms with Gasteiger partial charge in [-0.2, -0.15) is 0 Å². The molecule has 0 bridgehead atoms. The maximum atomic E-state index is 13.6. The lowest BCUT2D eigenvalue weighted by atomic mass is 10.1. The molecule has 1 unspecified atom stereocenters. The van der Waals surface area contributed by atoms with Crippen LogP contribution in [0.25, 0.3) is 0 Å². The molecule has 0 spiro atoms. The minimum atomic E-state index is -0.427. The first-order valence-electron chi connectivity index (χ1n) is 6.25. The summed E-state index contributed by atoms with van der Waals surface area (Å²) < 4.78 is 18.5. The fraction of sp³-hybridized carbons (Fsp3) is 0.267. The van der Waals surface area contributed by atoms with Crippen molar-refractivity contribution in [2.24, 2.45) is 0 Å². The Labute approximate surface area is 121 Å². The molecule has 0 aliphatic carbocycles. The maximum absolute atomic E-state index is 13.6. The van der Waals surface area contributed by atoms with Crippen molar-refractivity contribution in [1.82, 2.24) is 5.32 Å². The van der Waals surface area contributed by atoms with Crippen molar-refractivity contribution in [2.45, 2.75) is 19.4 Å². The van der Waals surface area contributed by atoms with Gasteiger partial charge in [-0.25, -0.2) is 4.39 Å². The van der Waals surface area contributed by atoms with Gasteiger partial charge in [-0.3, -0.25) is 4.79 Å². The van der Waals surface area contributed by atoms with Gasteiger partial charge in [0.05, 0.1) is 19.6 Å². The van der Waals surface area contributed by atoms with Gasteiger partial charge in [-0.05, 0) is 36.1 Å². The second kappa shape index (κ2) is 6.52. The Morgan fingerprint density at radius 1 is 1.45 bits per heavy atom. The summed E-state index contributed by atoms with van der Waals surface area (Å²) in [6, 6.07) is 8.28. The Hall–Kier alpha value is -1.88. The number of carbonyl (C=O) groups is 1. The van der Waals surface area contributed by atoms with Gasteiger partial charge < -0.3 is 10.1 Å². The smallest absolute Gasteiger partial charge is 0.225 e. The van der Waals surface area contributed by atoms with Crippen LogP contribution in [0.5, 0.6) is 5.75 Å². The summed E-state index contributed by atoms with van der Waals surface area (Å²) in [7, 11) is 1.42. The molecule has 3 nitrogen and oxygen atoms in total. The Bertz CT molecular complexity index is 584. The highest BCUT2D eigenvalue weighted by molar-refractivity contribution is 7.10. The number of carbonyl (C=O) groups excluding carboxylic acids is 1.